The van der Waals surface area contributed by atoms with E-state index in [1.165, 1.54) is 0 Å². The Morgan fingerprint density at radius 1 is 1.50 bits per heavy atom. The van der Waals surface area contributed by atoms with Crippen molar-refractivity contribution in [2.45, 2.75) is 30.6 Å². The van der Waals surface area contributed by atoms with Crippen LogP contribution < -0.4 is 0 Å². The standard InChI is InChI=1S/C10H13ClO2S/c11-9-3-2-8(13-9)6-14-7-10(12)4-1-5-10/h2-3,12H,1,4-7H2. The summed E-state index contributed by atoms with van der Waals surface area (Å²) in [6.07, 6.45) is 3.04. The van der Waals surface area contributed by atoms with Crippen LogP contribution in [0.15, 0.2) is 16.5 Å². The van der Waals surface area contributed by atoms with Crippen molar-refractivity contribution in [2.75, 3.05) is 5.75 Å². The van der Waals surface area contributed by atoms with Crippen LogP contribution in [0.5, 0.6) is 0 Å². The first kappa shape index (κ1) is 10.4. The molecule has 0 amide bonds. The SMILES string of the molecule is OC1(CSCc2ccc(Cl)o2)CCC1. The van der Waals surface area contributed by atoms with E-state index < -0.39 is 5.60 Å². The van der Waals surface area contributed by atoms with E-state index in [0.717, 1.165) is 36.5 Å². The Balaban J connectivity index is 1.72. The zero-order chi connectivity index (χ0) is 10.0. The summed E-state index contributed by atoms with van der Waals surface area (Å²) in [5.74, 6) is 2.46. The highest BCUT2D eigenvalue weighted by Gasteiger charge is 2.33. The van der Waals surface area contributed by atoms with Gasteiger partial charge in [0.15, 0.2) is 5.22 Å². The van der Waals surface area contributed by atoms with E-state index in [-0.39, 0.29) is 0 Å². The fourth-order valence-corrected chi connectivity index (χ4v) is 2.79. The molecule has 0 atom stereocenters. The number of thioether (sulfide) groups is 1. The predicted molar refractivity (Wildman–Crippen MR) is 58.7 cm³/mol. The number of furan rings is 1. The number of hydrogen-bond acceptors (Lipinski definition) is 3. The highest BCUT2D eigenvalue weighted by Crippen LogP contribution is 2.35. The summed E-state index contributed by atoms with van der Waals surface area (Å²) in [5, 5.41) is 10.2. The zero-order valence-corrected chi connectivity index (χ0v) is 9.40. The van der Waals surface area contributed by atoms with E-state index >= 15 is 0 Å². The summed E-state index contributed by atoms with van der Waals surface area (Å²) in [6, 6.07) is 3.62. The second-order valence-corrected chi connectivity index (χ2v) is 5.13. The smallest absolute Gasteiger partial charge is 0.193 e. The molecular formula is C10H13ClO2S. The largest absolute Gasteiger partial charge is 0.449 e. The van der Waals surface area contributed by atoms with Gasteiger partial charge in [0.2, 0.25) is 0 Å². The third-order valence-electron chi connectivity index (χ3n) is 2.53. The Kier molecular flexibility index (Phi) is 3.10. The molecule has 14 heavy (non-hydrogen) atoms. The van der Waals surface area contributed by atoms with Crippen LogP contribution in [-0.2, 0) is 5.75 Å². The van der Waals surface area contributed by atoms with E-state index in [4.69, 9.17) is 16.0 Å². The molecule has 1 aliphatic rings. The Morgan fingerprint density at radius 2 is 2.29 bits per heavy atom. The lowest BCUT2D eigenvalue weighted by molar-refractivity contribution is -0.00990. The first-order valence-corrected chi connectivity index (χ1v) is 6.26. The average Bonchev–Trinajstić information content (AvgIpc) is 2.49. The molecule has 0 radical (unpaired) electrons. The Bertz CT molecular complexity index is 307. The third kappa shape index (κ3) is 2.47. The quantitative estimate of drug-likeness (QED) is 0.866. The van der Waals surface area contributed by atoms with Crippen LogP contribution in [0, 0.1) is 0 Å². The van der Waals surface area contributed by atoms with Crippen molar-refractivity contribution in [2.24, 2.45) is 0 Å². The molecule has 1 aromatic heterocycles. The van der Waals surface area contributed by atoms with E-state index in [0.29, 0.717) is 5.22 Å². The number of halogens is 1. The van der Waals surface area contributed by atoms with Gasteiger partial charge in [-0.05, 0) is 43.0 Å². The zero-order valence-electron chi connectivity index (χ0n) is 7.83. The Morgan fingerprint density at radius 3 is 2.79 bits per heavy atom. The summed E-state index contributed by atoms with van der Waals surface area (Å²) >= 11 is 7.34. The molecule has 1 aliphatic carbocycles. The van der Waals surface area contributed by atoms with Crippen LogP contribution in [0.4, 0.5) is 0 Å². The summed E-state index contributed by atoms with van der Waals surface area (Å²) in [4.78, 5) is 0. The van der Waals surface area contributed by atoms with Gasteiger partial charge < -0.3 is 9.52 Å². The summed E-state index contributed by atoms with van der Waals surface area (Å²) in [6.45, 7) is 0. The van der Waals surface area contributed by atoms with E-state index in [1.807, 2.05) is 6.07 Å². The van der Waals surface area contributed by atoms with Crippen LogP contribution in [0.1, 0.15) is 25.0 Å². The second-order valence-electron chi connectivity index (χ2n) is 3.78. The minimum absolute atomic E-state index is 0.402. The maximum Gasteiger partial charge on any atom is 0.193 e. The topological polar surface area (TPSA) is 33.4 Å². The first-order chi connectivity index (χ1) is 6.68. The van der Waals surface area contributed by atoms with Gasteiger partial charge in [0.05, 0.1) is 11.4 Å². The molecule has 1 aromatic rings. The van der Waals surface area contributed by atoms with Crippen LogP contribution in [0.25, 0.3) is 0 Å². The van der Waals surface area contributed by atoms with Crippen molar-refractivity contribution in [3.05, 3.63) is 23.1 Å². The third-order valence-corrected chi connectivity index (χ3v) is 3.96. The van der Waals surface area contributed by atoms with Crippen LogP contribution in [0.3, 0.4) is 0 Å². The summed E-state index contributed by atoms with van der Waals surface area (Å²) < 4.78 is 5.21. The molecule has 78 valence electrons. The van der Waals surface area contributed by atoms with Gasteiger partial charge in [-0.15, -0.1) is 0 Å². The van der Waals surface area contributed by atoms with E-state index in [9.17, 15) is 5.11 Å². The molecule has 1 N–H and O–H groups in total. The molecular weight excluding hydrogens is 220 g/mol. The molecule has 0 bridgehead atoms. The van der Waals surface area contributed by atoms with Crippen molar-refractivity contribution in [1.29, 1.82) is 0 Å². The van der Waals surface area contributed by atoms with Gasteiger partial charge >= 0.3 is 0 Å². The van der Waals surface area contributed by atoms with Crippen molar-refractivity contribution < 1.29 is 9.52 Å². The van der Waals surface area contributed by atoms with E-state index in [2.05, 4.69) is 0 Å². The molecule has 2 nitrogen and oxygen atoms in total. The predicted octanol–water partition coefficient (Wildman–Crippen LogP) is 3.08. The first-order valence-electron chi connectivity index (χ1n) is 4.72. The monoisotopic (exact) mass is 232 g/mol. The summed E-state index contributed by atoms with van der Waals surface area (Å²) in [7, 11) is 0. The molecule has 0 aromatic carbocycles. The minimum atomic E-state index is -0.402. The Labute approximate surface area is 92.6 Å². The van der Waals surface area contributed by atoms with Crippen LogP contribution >= 0.6 is 23.4 Å². The minimum Gasteiger partial charge on any atom is -0.449 e. The number of rotatable bonds is 4. The van der Waals surface area contributed by atoms with Crippen molar-refractivity contribution in [1.82, 2.24) is 0 Å². The molecule has 0 saturated heterocycles. The number of aliphatic hydroxyl groups is 1. The lowest BCUT2D eigenvalue weighted by Crippen LogP contribution is -2.39. The second kappa shape index (κ2) is 4.17. The maximum atomic E-state index is 9.82. The van der Waals surface area contributed by atoms with E-state index in [1.54, 1.807) is 17.8 Å². The van der Waals surface area contributed by atoms with Crippen molar-refractivity contribution in [3.63, 3.8) is 0 Å². The molecule has 4 heteroatoms. The van der Waals surface area contributed by atoms with Gasteiger partial charge in [-0.25, -0.2) is 0 Å². The molecule has 0 unspecified atom stereocenters. The van der Waals surface area contributed by atoms with Gasteiger partial charge in [-0.3, -0.25) is 0 Å². The molecule has 0 aliphatic heterocycles. The fraction of sp³-hybridized carbons (Fsp3) is 0.600. The van der Waals surface area contributed by atoms with Crippen molar-refractivity contribution in [3.8, 4) is 0 Å². The molecule has 2 rings (SSSR count). The summed E-state index contributed by atoms with van der Waals surface area (Å²) in [5.41, 5.74) is -0.402. The highest BCUT2D eigenvalue weighted by atomic mass is 35.5. The maximum absolute atomic E-state index is 9.82. The van der Waals surface area contributed by atoms with Gasteiger partial charge in [-0.1, -0.05) is 0 Å². The normalized spacial score (nSPS) is 19.3. The number of hydrogen-bond donors (Lipinski definition) is 1. The molecule has 1 saturated carbocycles. The highest BCUT2D eigenvalue weighted by molar-refractivity contribution is 7.98. The fourth-order valence-electron chi connectivity index (χ4n) is 1.50. The lowest BCUT2D eigenvalue weighted by Gasteiger charge is -2.36. The van der Waals surface area contributed by atoms with Crippen molar-refractivity contribution >= 4 is 23.4 Å². The molecule has 1 heterocycles. The Hall–Kier alpha value is -0.120. The van der Waals surface area contributed by atoms with Gasteiger partial charge in [0.1, 0.15) is 5.76 Å². The van der Waals surface area contributed by atoms with Crippen LogP contribution in [0.2, 0.25) is 5.22 Å². The molecule has 0 spiro atoms. The molecule has 1 fully saturated rings. The van der Waals surface area contributed by atoms with Gasteiger partial charge in [0, 0.05) is 5.75 Å². The average molecular weight is 233 g/mol. The van der Waals surface area contributed by atoms with Crippen LogP contribution in [-0.4, -0.2) is 16.5 Å². The van der Waals surface area contributed by atoms with Gasteiger partial charge in [0.25, 0.3) is 0 Å². The van der Waals surface area contributed by atoms with Gasteiger partial charge in [-0.2, -0.15) is 11.8 Å². The lowest BCUT2D eigenvalue weighted by atomic mass is 9.82.